The molecule has 1 unspecified atom stereocenters. The minimum Gasteiger partial charge on any atom is -0.324 e. The molecule has 0 saturated heterocycles. The van der Waals surface area contributed by atoms with E-state index in [0.29, 0.717) is 17.0 Å². The molecular formula is C15H14ClF2N. The monoisotopic (exact) mass is 281 g/mol. The number of halogens is 3. The highest BCUT2D eigenvalue weighted by molar-refractivity contribution is 6.30. The van der Waals surface area contributed by atoms with Crippen molar-refractivity contribution in [2.24, 2.45) is 5.73 Å². The molecule has 1 atom stereocenters. The summed E-state index contributed by atoms with van der Waals surface area (Å²) in [6.45, 7) is 1.79. The van der Waals surface area contributed by atoms with Crippen LogP contribution in [0.5, 0.6) is 0 Å². The number of benzene rings is 2. The summed E-state index contributed by atoms with van der Waals surface area (Å²) in [5.41, 5.74) is 8.14. The molecule has 1 nitrogen and oxygen atoms in total. The Balaban J connectivity index is 2.23. The van der Waals surface area contributed by atoms with Gasteiger partial charge in [-0.1, -0.05) is 23.7 Å². The van der Waals surface area contributed by atoms with E-state index in [2.05, 4.69) is 0 Å². The lowest BCUT2D eigenvalue weighted by Gasteiger charge is -2.15. The molecule has 0 spiro atoms. The van der Waals surface area contributed by atoms with Crippen LogP contribution in [0.1, 0.15) is 22.7 Å². The van der Waals surface area contributed by atoms with Crippen molar-refractivity contribution < 1.29 is 8.78 Å². The SMILES string of the molecule is Cc1cc(F)ccc1C(N)Cc1ccc(Cl)cc1F. The molecule has 0 aromatic heterocycles. The smallest absolute Gasteiger partial charge is 0.127 e. The van der Waals surface area contributed by atoms with E-state index in [9.17, 15) is 8.78 Å². The van der Waals surface area contributed by atoms with Crippen molar-refractivity contribution in [3.05, 3.63) is 69.7 Å². The van der Waals surface area contributed by atoms with Crippen LogP contribution in [0.15, 0.2) is 36.4 Å². The molecule has 0 aliphatic heterocycles. The number of hydrogen-bond acceptors (Lipinski definition) is 1. The Morgan fingerprint density at radius 2 is 1.89 bits per heavy atom. The first kappa shape index (κ1) is 14.0. The van der Waals surface area contributed by atoms with Gasteiger partial charge in [-0.05, 0) is 54.3 Å². The second-order valence-electron chi connectivity index (χ2n) is 4.55. The molecule has 0 saturated carbocycles. The fraction of sp³-hybridized carbons (Fsp3) is 0.200. The molecule has 0 fully saturated rings. The highest BCUT2D eigenvalue weighted by Gasteiger charge is 2.13. The third-order valence-electron chi connectivity index (χ3n) is 3.09. The standard InChI is InChI=1S/C15H14ClF2N/c1-9-6-12(17)4-5-13(9)15(19)7-10-2-3-11(16)8-14(10)18/h2-6,8,15H,7,19H2,1H3. The molecule has 4 heteroatoms. The zero-order chi connectivity index (χ0) is 14.0. The fourth-order valence-electron chi connectivity index (χ4n) is 2.09. The summed E-state index contributed by atoms with van der Waals surface area (Å²) < 4.78 is 26.7. The quantitative estimate of drug-likeness (QED) is 0.898. The minimum atomic E-state index is -0.378. The predicted molar refractivity (Wildman–Crippen MR) is 73.2 cm³/mol. The first-order chi connectivity index (χ1) is 8.97. The maximum atomic E-state index is 13.7. The lowest BCUT2D eigenvalue weighted by molar-refractivity contribution is 0.591. The van der Waals surface area contributed by atoms with E-state index in [4.69, 9.17) is 17.3 Å². The zero-order valence-electron chi connectivity index (χ0n) is 10.5. The van der Waals surface area contributed by atoms with Crippen LogP contribution in [-0.2, 0) is 6.42 Å². The van der Waals surface area contributed by atoms with Gasteiger partial charge in [0.25, 0.3) is 0 Å². The summed E-state index contributed by atoms with van der Waals surface area (Å²) in [6.07, 6.45) is 0.343. The highest BCUT2D eigenvalue weighted by Crippen LogP contribution is 2.23. The van der Waals surface area contributed by atoms with Crippen LogP contribution in [0, 0.1) is 18.6 Å². The third-order valence-corrected chi connectivity index (χ3v) is 3.32. The van der Waals surface area contributed by atoms with Crippen LogP contribution in [0.4, 0.5) is 8.78 Å². The number of aryl methyl sites for hydroxylation is 1. The Bertz CT molecular complexity index is 599. The fourth-order valence-corrected chi connectivity index (χ4v) is 2.25. The van der Waals surface area contributed by atoms with Gasteiger partial charge in [0.2, 0.25) is 0 Å². The largest absolute Gasteiger partial charge is 0.324 e. The van der Waals surface area contributed by atoms with Crippen LogP contribution in [-0.4, -0.2) is 0 Å². The maximum absolute atomic E-state index is 13.7. The summed E-state index contributed by atoms with van der Waals surface area (Å²) in [5, 5.41) is 0.354. The molecule has 2 rings (SSSR count). The first-order valence-corrected chi connectivity index (χ1v) is 6.30. The van der Waals surface area contributed by atoms with Gasteiger partial charge in [0.15, 0.2) is 0 Å². The molecular weight excluding hydrogens is 268 g/mol. The van der Waals surface area contributed by atoms with Crippen molar-refractivity contribution in [2.75, 3.05) is 0 Å². The molecule has 2 N–H and O–H groups in total. The normalized spacial score (nSPS) is 12.5. The number of nitrogens with two attached hydrogens (primary N) is 1. The van der Waals surface area contributed by atoms with Gasteiger partial charge in [-0.25, -0.2) is 8.78 Å². The van der Waals surface area contributed by atoms with Gasteiger partial charge in [0.1, 0.15) is 11.6 Å². The van der Waals surface area contributed by atoms with Gasteiger partial charge in [-0.3, -0.25) is 0 Å². The Hall–Kier alpha value is -1.45. The molecule has 0 aliphatic carbocycles. The van der Waals surface area contributed by atoms with Gasteiger partial charge >= 0.3 is 0 Å². The molecule has 0 radical (unpaired) electrons. The zero-order valence-corrected chi connectivity index (χ0v) is 11.2. The van der Waals surface area contributed by atoms with Crippen LogP contribution in [0.2, 0.25) is 5.02 Å². The van der Waals surface area contributed by atoms with Crippen LogP contribution >= 0.6 is 11.6 Å². The summed E-state index contributed by atoms with van der Waals surface area (Å²) >= 11 is 5.70. The van der Waals surface area contributed by atoms with Gasteiger partial charge in [0.05, 0.1) is 0 Å². The van der Waals surface area contributed by atoms with Crippen molar-refractivity contribution in [1.82, 2.24) is 0 Å². The van der Waals surface area contributed by atoms with E-state index in [1.54, 1.807) is 25.1 Å². The number of rotatable bonds is 3. The second-order valence-corrected chi connectivity index (χ2v) is 4.98. The van der Waals surface area contributed by atoms with E-state index in [0.717, 1.165) is 11.1 Å². The van der Waals surface area contributed by atoms with E-state index >= 15 is 0 Å². The molecule has 0 aliphatic rings. The lowest BCUT2D eigenvalue weighted by Crippen LogP contribution is -2.15. The molecule has 0 amide bonds. The van der Waals surface area contributed by atoms with Gasteiger partial charge < -0.3 is 5.73 Å². The van der Waals surface area contributed by atoms with Gasteiger partial charge in [-0.15, -0.1) is 0 Å². The number of hydrogen-bond donors (Lipinski definition) is 1. The maximum Gasteiger partial charge on any atom is 0.127 e. The summed E-state index contributed by atoms with van der Waals surface area (Å²) in [4.78, 5) is 0. The summed E-state index contributed by atoms with van der Waals surface area (Å²) in [5.74, 6) is -0.672. The molecule has 0 bridgehead atoms. The highest BCUT2D eigenvalue weighted by atomic mass is 35.5. The Kier molecular flexibility index (Phi) is 4.17. The Labute approximate surface area is 116 Å². The van der Waals surface area contributed by atoms with Crippen molar-refractivity contribution in [2.45, 2.75) is 19.4 Å². The molecule has 19 heavy (non-hydrogen) atoms. The first-order valence-electron chi connectivity index (χ1n) is 5.93. The van der Waals surface area contributed by atoms with Crippen molar-refractivity contribution >= 4 is 11.6 Å². The topological polar surface area (TPSA) is 26.0 Å². The predicted octanol–water partition coefficient (Wildman–Crippen LogP) is 4.17. The van der Waals surface area contributed by atoms with E-state index in [1.807, 2.05) is 0 Å². The molecule has 100 valence electrons. The van der Waals surface area contributed by atoms with E-state index in [1.165, 1.54) is 18.2 Å². The Morgan fingerprint density at radius 3 is 2.53 bits per heavy atom. The van der Waals surface area contributed by atoms with E-state index in [-0.39, 0.29) is 17.7 Å². The average Bonchev–Trinajstić information content (AvgIpc) is 2.32. The van der Waals surface area contributed by atoms with Gasteiger partial charge in [0, 0.05) is 11.1 Å². The minimum absolute atomic E-state index is 0.300. The van der Waals surface area contributed by atoms with Crippen molar-refractivity contribution in [3.8, 4) is 0 Å². The van der Waals surface area contributed by atoms with Crippen LogP contribution < -0.4 is 5.73 Å². The Morgan fingerprint density at radius 1 is 1.16 bits per heavy atom. The molecule has 0 heterocycles. The second kappa shape index (κ2) is 5.68. The summed E-state index contributed by atoms with van der Waals surface area (Å²) in [7, 11) is 0. The average molecular weight is 282 g/mol. The lowest BCUT2D eigenvalue weighted by atomic mass is 9.96. The van der Waals surface area contributed by atoms with Crippen LogP contribution in [0.3, 0.4) is 0 Å². The van der Waals surface area contributed by atoms with Crippen molar-refractivity contribution in [3.63, 3.8) is 0 Å². The van der Waals surface area contributed by atoms with Gasteiger partial charge in [-0.2, -0.15) is 0 Å². The van der Waals surface area contributed by atoms with Crippen molar-refractivity contribution in [1.29, 1.82) is 0 Å². The van der Waals surface area contributed by atoms with Crippen LogP contribution in [0.25, 0.3) is 0 Å². The molecule has 2 aromatic carbocycles. The van der Waals surface area contributed by atoms with E-state index < -0.39 is 0 Å². The summed E-state index contributed by atoms with van der Waals surface area (Å²) in [6, 6.07) is 8.56. The third kappa shape index (κ3) is 3.31. The molecule has 2 aromatic rings.